The van der Waals surface area contributed by atoms with Gasteiger partial charge >= 0.3 is 5.97 Å². The second-order valence-corrected chi connectivity index (χ2v) is 7.06. The Morgan fingerprint density at radius 2 is 1.73 bits per heavy atom. The molecule has 1 atom stereocenters. The molecule has 9 nitrogen and oxygen atoms in total. The number of piperidine rings is 1. The van der Waals surface area contributed by atoms with Crippen molar-refractivity contribution in [1.82, 2.24) is 10.2 Å². The van der Waals surface area contributed by atoms with E-state index in [2.05, 4.69) is 10.6 Å². The molecule has 152 valence electrons. The number of carbonyl (C=O) groups excluding carboxylic acids is 4. The van der Waals surface area contributed by atoms with E-state index >= 15 is 0 Å². The zero-order valence-corrected chi connectivity index (χ0v) is 15.7. The van der Waals surface area contributed by atoms with Gasteiger partial charge in [-0.25, -0.2) is 4.79 Å². The van der Waals surface area contributed by atoms with Crippen LogP contribution >= 0.6 is 0 Å². The second kappa shape index (κ2) is 7.43. The lowest BCUT2D eigenvalue weighted by Crippen LogP contribution is -2.54. The van der Waals surface area contributed by atoms with E-state index in [0.717, 1.165) is 10.5 Å². The molecule has 0 aromatic heterocycles. The van der Waals surface area contributed by atoms with Crippen LogP contribution in [0, 0.1) is 0 Å². The van der Waals surface area contributed by atoms with E-state index in [1.165, 1.54) is 18.2 Å². The van der Waals surface area contributed by atoms with E-state index in [4.69, 9.17) is 5.11 Å². The normalized spacial score (nSPS) is 18.3. The number of nitrogens with zero attached hydrogens (tertiary/aromatic N) is 1. The van der Waals surface area contributed by atoms with Gasteiger partial charge in [-0.15, -0.1) is 0 Å². The predicted octanol–water partition coefficient (Wildman–Crippen LogP) is 1.40. The zero-order chi connectivity index (χ0) is 21.4. The molecule has 30 heavy (non-hydrogen) atoms. The van der Waals surface area contributed by atoms with E-state index in [1.54, 1.807) is 24.3 Å². The van der Waals surface area contributed by atoms with Crippen molar-refractivity contribution in [3.63, 3.8) is 0 Å². The number of carboxylic acid groups (broad SMARTS) is 1. The van der Waals surface area contributed by atoms with Crippen LogP contribution in [0.15, 0.2) is 42.5 Å². The van der Waals surface area contributed by atoms with Gasteiger partial charge in [0.15, 0.2) is 0 Å². The highest BCUT2D eigenvalue weighted by Crippen LogP contribution is 2.29. The van der Waals surface area contributed by atoms with Crippen LogP contribution in [-0.4, -0.2) is 45.6 Å². The van der Waals surface area contributed by atoms with Gasteiger partial charge in [0.25, 0.3) is 11.8 Å². The molecule has 2 aromatic carbocycles. The first-order valence-corrected chi connectivity index (χ1v) is 9.27. The van der Waals surface area contributed by atoms with Gasteiger partial charge in [-0.2, -0.15) is 0 Å². The van der Waals surface area contributed by atoms with E-state index in [-0.39, 0.29) is 29.5 Å². The van der Waals surface area contributed by atoms with Crippen LogP contribution in [-0.2, 0) is 16.1 Å². The molecule has 2 aliphatic heterocycles. The summed E-state index contributed by atoms with van der Waals surface area (Å²) in [7, 11) is 0. The molecule has 3 N–H and O–H groups in total. The van der Waals surface area contributed by atoms with Crippen molar-refractivity contribution in [2.24, 2.45) is 0 Å². The summed E-state index contributed by atoms with van der Waals surface area (Å²) in [5, 5.41) is 14.2. The minimum Gasteiger partial charge on any atom is -0.478 e. The van der Waals surface area contributed by atoms with E-state index in [9.17, 15) is 24.0 Å². The molecular formula is C21H17N3O6. The Morgan fingerprint density at radius 1 is 1.03 bits per heavy atom. The summed E-state index contributed by atoms with van der Waals surface area (Å²) in [5.74, 6) is -3.20. The molecule has 1 unspecified atom stereocenters. The number of rotatable bonds is 5. The quantitative estimate of drug-likeness (QED) is 0.638. The molecule has 4 rings (SSSR count). The number of amides is 4. The monoisotopic (exact) mass is 407 g/mol. The predicted molar refractivity (Wildman–Crippen MR) is 104 cm³/mol. The van der Waals surface area contributed by atoms with Crippen molar-refractivity contribution in [3.05, 3.63) is 64.7 Å². The lowest BCUT2D eigenvalue weighted by molar-refractivity contribution is -0.136. The molecule has 0 spiro atoms. The summed E-state index contributed by atoms with van der Waals surface area (Å²) in [6.07, 6.45) is 0.171. The Labute approximate surface area is 170 Å². The van der Waals surface area contributed by atoms with Gasteiger partial charge in [-0.3, -0.25) is 29.4 Å². The van der Waals surface area contributed by atoms with Crippen LogP contribution in [0.3, 0.4) is 0 Å². The Hall–Kier alpha value is -4.01. The van der Waals surface area contributed by atoms with Gasteiger partial charge in [0.05, 0.1) is 16.7 Å². The van der Waals surface area contributed by atoms with Crippen molar-refractivity contribution >= 4 is 35.3 Å². The second-order valence-electron chi connectivity index (χ2n) is 7.06. The number of anilines is 1. The summed E-state index contributed by atoms with van der Waals surface area (Å²) in [4.78, 5) is 60.8. The SMILES string of the molecule is O=C1CCC(N2C(=O)c3ccc(NCc4ccc(C(=O)O)cc4)cc3C2=O)C(=O)N1. The summed E-state index contributed by atoms with van der Waals surface area (Å²) >= 11 is 0. The lowest BCUT2D eigenvalue weighted by atomic mass is 10.0. The molecule has 4 amide bonds. The third kappa shape index (κ3) is 3.41. The standard InChI is InChI=1S/C21H17N3O6/c25-17-8-7-16(18(26)23-17)24-19(27)14-6-5-13(9-15(14)20(24)28)22-10-11-1-3-12(4-2-11)21(29)30/h1-6,9,16,22H,7-8,10H2,(H,29,30)(H,23,25,26). The maximum atomic E-state index is 12.8. The maximum Gasteiger partial charge on any atom is 0.335 e. The first-order chi connectivity index (χ1) is 14.3. The third-order valence-electron chi connectivity index (χ3n) is 5.14. The highest BCUT2D eigenvalue weighted by atomic mass is 16.4. The van der Waals surface area contributed by atoms with E-state index in [1.807, 2.05) is 0 Å². The molecule has 1 fully saturated rings. The average Bonchev–Trinajstić information content (AvgIpc) is 2.97. The lowest BCUT2D eigenvalue weighted by Gasteiger charge is -2.27. The fourth-order valence-electron chi connectivity index (χ4n) is 3.55. The highest BCUT2D eigenvalue weighted by molar-refractivity contribution is 6.23. The van der Waals surface area contributed by atoms with Crippen LogP contribution in [0.25, 0.3) is 0 Å². The van der Waals surface area contributed by atoms with Gasteiger partial charge in [0, 0.05) is 18.7 Å². The van der Waals surface area contributed by atoms with Gasteiger partial charge in [0.1, 0.15) is 6.04 Å². The smallest absolute Gasteiger partial charge is 0.335 e. The summed E-state index contributed by atoms with van der Waals surface area (Å²) < 4.78 is 0. The van der Waals surface area contributed by atoms with Gasteiger partial charge in [-0.1, -0.05) is 12.1 Å². The molecule has 0 aliphatic carbocycles. The molecular weight excluding hydrogens is 390 g/mol. The Bertz CT molecular complexity index is 1090. The van der Waals surface area contributed by atoms with E-state index in [0.29, 0.717) is 12.2 Å². The fraction of sp³-hybridized carbons (Fsp3) is 0.190. The third-order valence-corrected chi connectivity index (χ3v) is 5.14. The van der Waals surface area contributed by atoms with E-state index < -0.39 is 35.6 Å². The number of fused-ring (bicyclic) bond motifs is 1. The minimum atomic E-state index is -1.00. The fourth-order valence-corrected chi connectivity index (χ4v) is 3.55. The van der Waals surface area contributed by atoms with Gasteiger partial charge in [-0.05, 0) is 42.3 Å². The number of nitrogens with one attached hydrogen (secondary N) is 2. The van der Waals surface area contributed by atoms with Crippen LogP contribution < -0.4 is 10.6 Å². The molecule has 2 aliphatic rings. The molecule has 2 aromatic rings. The number of imide groups is 2. The molecule has 2 heterocycles. The van der Waals surface area contributed by atoms with Crippen molar-refractivity contribution in [2.45, 2.75) is 25.4 Å². The van der Waals surface area contributed by atoms with Crippen LogP contribution in [0.2, 0.25) is 0 Å². The zero-order valence-electron chi connectivity index (χ0n) is 15.7. The first-order valence-electron chi connectivity index (χ1n) is 9.27. The number of benzene rings is 2. The molecule has 0 saturated carbocycles. The summed E-state index contributed by atoms with van der Waals surface area (Å²) in [6.45, 7) is 0.387. The molecule has 0 bridgehead atoms. The Morgan fingerprint density at radius 3 is 2.40 bits per heavy atom. The van der Waals surface area contributed by atoms with Crippen LogP contribution in [0.4, 0.5) is 5.69 Å². The number of carbonyl (C=O) groups is 5. The minimum absolute atomic E-state index is 0.0668. The number of carboxylic acids is 1. The number of hydrogen-bond acceptors (Lipinski definition) is 6. The topological polar surface area (TPSA) is 133 Å². The van der Waals surface area contributed by atoms with Crippen molar-refractivity contribution in [2.75, 3.05) is 5.32 Å². The van der Waals surface area contributed by atoms with Crippen LogP contribution in [0.5, 0.6) is 0 Å². The van der Waals surface area contributed by atoms with Gasteiger partial charge < -0.3 is 10.4 Å². The molecule has 0 radical (unpaired) electrons. The van der Waals surface area contributed by atoms with Crippen LogP contribution in [0.1, 0.15) is 49.5 Å². The van der Waals surface area contributed by atoms with Crippen molar-refractivity contribution in [1.29, 1.82) is 0 Å². The van der Waals surface area contributed by atoms with Crippen molar-refractivity contribution < 1.29 is 29.1 Å². The Balaban J connectivity index is 1.49. The average molecular weight is 407 g/mol. The van der Waals surface area contributed by atoms with Gasteiger partial charge in [0.2, 0.25) is 11.8 Å². The Kier molecular flexibility index (Phi) is 4.78. The maximum absolute atomic E-state index is 12.8. The summed E-state index contributed by atoms with van der Waals surface area (Å²) in [5.41, 5.74) is 2.03. The van der Waals surface area contributed by atoms with Crippen molar-refractivity contribution in [3.8, 4) is 0 Å². The number of aromatic carboxylic acids is 1. The number of hydrogen-bond donors (Lipinski definition) is 3. The highest BCUT2D eigenvalue weighted by Gasteiger charge is 2.44. The molecule has 1 saturated heterocycles. The largest absolute Gasteiger partial charge is 0.478 e. The first kappa shape index (κ1) is 19.3. The summed E-state index contributed by atoms with van der Waals surface area (Å²) in [6, 6.07) is 10.1. The molecule has 9 heteroatoms.